The van der Waals surface area contributed by atoms with Crippen LogP contribution in [0.2, 0.25) is 5.02 Å². The van der Waals surface area contributed by atoms with E-state index in [1.165, 1.54) is 37.2 Å². The molecule has 0 saturated carbocycles. The molecule has 0 aliphatic carbocycles. The van der Waals surface area contributed by atoms with Gasteiger partial charge in [-0.15, -0.1) is 0 Å². The van der Waals surface area contributed by atoms with E-state index in [1.54, 1.807) is 12.1 Å². The number of hydrogen-bond acceptors (Lipinski definition) is 3. The molecule has 1 saturated heterocycles. The van der Waals surface area contributed by atoms with Gasteiger partial charge in [0.1, 0.15) is 5.75 Å². The van der Waals surface area contributed by atoms with Crippen molar-refractivity contribution in [1.29, 1.82) is 0 Å². The molecule has 1 heterocycles. The van der Waals surface area contributed by atoms with E-state index in [0.717, 1.165) is 12.2 Å². The Labute approximate surface area is 130 Å². The highest BCUT2D eigenvalue weighted by Crippen LogP contribution is 2.26. The number of anilines is 2. The molecule has 2 aromatic rings. The highest BCUT2D eigenvalue weighted by atomic mass is 35.5. The van der Waals surface area contributed by atoms with Gasteiger partial charge in [-0.3, -0.25) is 0 Å². The zero-order chi connectivity index (χ0) is 14.7. The van der Waals surface area contributed by atoms with Crippen LogP contribution in [0.15, 0.2) is 42.5 Å². The van der Waals surface area contributed by atoms with E-state index in [4.69, 9.17) is 11.6 Å². The zero-order valence-electron chi connectivity index (χ0n) is 11.8. The van der Waals surface area contributed by atoms with E-state index in [9.17, 15) is 5.11 Å². The molecular weight excluding hydrogens is 284 g/mol. The van der Waals surface area contributed by atoms with Crippen molar-refractivity contribution < 1.29 is 5.11 Å². The Morgan fingerprint density at radius 3 is 2.43 bits per heavy atom. The molecule has 1 aliphatic rings. The first-order valence-electron chi connectivity index (χ1n) is 7.29. The number of aromatic hydroxyl groups is 1. The van der Waals surface area contributed by atoms with Gasteiger partial charge >= 0.3 is 0 Å². The van der Waals surface area contributed by atoms with Gasteiger partial charge in [-0.05, 0) is 48.7 Å². The Morgan fingerprint density at radius 1 is 1.05 bits per heavy atom. The predicted octanol–water partition coefficient (Wildman–Crippen LogP) is 4.26. The largest absolute Gasteiger partial charge is 0.506 e. The maximum Gasteiger partial charge on any atom is 0.134 e. The van der Waals surface area contributed by atoms with Crippen LogP contribution in [-0.4, -0.2) is 18.2 Å². The average molecular weight is 303 g/mol. The van der Waals surface area contributed by atoms with Gasteiger partial charge in [-0.2, -0.15) is 0 Å². The summed E-state index contributed by atoms with van der Waals surface area (Å²) in [6.07, 6.45) is 2.59. The average Bonchev–Trinajstić information content (AvgIpc) is 3.03. The van der Waals surface area contributed by atoms with E-state index < -0.39 is 0 Å². The molecule has 0 aromatic heterocycles. The van der Waals surface area contributed by atoms with Gasteiger partial charge in [-0.25, -0.2) is 0 Å². The van der Waals surface area contributed by atoms with Crippen molar-refractivity contribution in [1.82, 2.24) is 0 Å². The lowest BCUT2D eigenvalue weighted by atomic mass is 10.2. The van der Waals surface area contributed by atoms with Crippen LogP contribution in [0.3, 0.4) is 0 Å². The van der Waals surface area contributed by atoms with Gasteiger partial charge in [0.25, 0.3) is 0 Å². The molecule has 0 spiro atoms. The molecule has 0 radical (unpaired) electrons. The second kappa shape index (κ2) is 6.27. The Morgan fingerprint density at radius 2 is 1.76 bits per heavy atom. The third-order valence-electron chi connectivity index (χ3n) is 3.85. The number of nitrogens with one attached hydrogen (secondary N) is 1. The summed E-state index contributed by atoms with van der Waals surface area (Å²) in [7, 11) is 0. The fraction of sp³-hybridized carbons (Fsp3) is 0.294. The van der Waals surface area contributed by atoms with Crippen LogP contribution in [0.1, 0.15) is 18.4 Å². The molecule has 0 atom stereocenters. The molecular formula is C17H19ClN2O. The summed E-state index contributed by atoms with van der Waals surface area (Å²) >= 11 is 5.89. The number of nitrogens with zero attached hydrogens (tertiary/aromatic N) is 1. The van der Waals surface area contributed by atoms with E-state index in [1.807, 2.05) is 6.07 Å². The maximum absolute atomic E-state index is 9.40. The van der Waals surface area contributed by atoms with E-state index >= 15 is 0 Å². The summed E-state index contributed by atoms with van der Waals surface area (Å²) in [6.45, 7) is 3.08. The molecule has 4 heteroatoms. The smallest absolute Gasteiger partial charge is 0.134 e. The lowest BCUT2D eigenvalue weighted by molar-refractivity contribution is 0.475. The lowest BCUT2D eigenvalue weighted by Gasteiger charge is -2.17. The Hall–Kier alpha value is -1.87. The van der Waals surface area contributed by atoms with Crippen LogP contribution >= 0.6 is 11.6 Å². The number of rotatable bonds is 4. The summed E-state index contributed by atoms with van der Waals surface area (Å²) in [6, 6.07) is 13.8. The van der Waals surface area contributed by atoms with Crippen LogP contribution in [-0.2, 0) is 6.54 Å². The van der Waals surface area contributed by atoms with Crippen molar-refractivity contribution in [2.75, 3.05) is 23.3 Å². The Bertz CT molecular complexity index is 607. The summed E-state index contributed by atoms with van der Waals surface area (Å²) < 4.78 is 0. The molecule has 1 aliphatic heterocycles. The van der Waals surface area contributed by atoms with Crippen molar-refractivity contribution in [3.05, 3.63) is 53.1 Å². The number of hydrogen-bond donors (Lipinski definition) is 2. The summed E-state index contributed by atoms with van der Waals surface area (Å²) in [5, 5.41) is 13.1. The second-order valence-electron chi connectivity index (χ2n) is 5.38. The number of halogens is 1. The van der Waals surface area contributed by atoms with E-state index in [0.29, 0.717) is 5.02 Å². The molecule has 3 nitrogen and oxygen atoms in total. The van der Waals surface area contributed by atoms with Crippen LogP contribution in [0, 0.1) is 0 Å². The van der Waals surface area contributed by atoms with Crippen molar-refractivity contribution >= 4 is 23.0 Å². The predicted molar refractivity (Wildman–Crippen MR) is 88.3 cm³/mol. The normalized spacial score (nSPS) is 14.4. The fourth-order valence-corrected chi connectivity index (χ4v) is 2.80. The quantitative estimate of drug-likeness (QED) is 0.829. The first-order valence-corrected chi connectivity index (χ1v) is 7.66. The standard InChI is InChI=1S/C17H19ClN2O/c18-16-11-14(5-8-17(16)21)19-12-13-3-6-15(7-4-13)20-9-1-2-10-20/h3-8,11,19,21H,1-2,9-10,12H2. The number of benzene rings is 2. The summed E-state index contributed by atoms with van der Waals surface area (Å²) in [5.41, 5.74) is 3.44. The van der Waals surface area contributed by atoms with Crippen molar-refractivity contribution in [3.8, 4) is 5.75 Å². The topological polar surface area (TPSA) is 35.5 Å². The highest BCUT2D eigenvalue weighted by molar-refractivity contribution is 6.32. The third kappa shape index (κ3) is 3.42. The minimum Gasteiger partial charge on any atom is -0.506 e. The van der Waals surface area contributed by atoms with E-state index in [2.05, 4.69) is 34.5 Å². The van der Waals surface area contributed by atoms with E-state index in [-0.39, 0.29) is 5.75 Å². The third-order valence-corrected chi connectivity index (χ3v) is 4.15. The van der Waals surface area contributed by atoms with Gasteiger partial charge in [0.15, 0.2) is 0 Å². The summed E-state index contributed by atoms with van der Waals surface area (Å²) in [4.78, 5) is 2.43. The van der Waals surface area contributed by atoms with Crippen LogP contribution in [0.25, 0.3) is 0 Å². The molecule has 2 aromatic carbocycles. The summed E-state index contributed by atoms with van der Waals surface area (Å²) in [5.74, 6) is 0.109. The first-order chi connectivity index (χ1) is 10.2. The molecule has 0 amide bonds. The second-order valence-corrected chi connectivity index (χ2v) is 5.79. The van der Waals surface area contributed by atoms with Crippen LogP contribution < -0.4 is 10.2 Å². The van der Waals surface area contributed by atoms with Gasteiger partial charge in [-0.1, -0.05) is 23.7 Å². The van der Waals surface area contributed by atoms with Crippen LogP contribution in [0.5, 0.6) is 5.75 Å². The Balaban J connectivity index is 1.61. The molecule has 0 unspecified atom stereocenters. The van der Waals surface area contributed by atoms with Crippen LogP contribution in [0.4, 0.5) is 11.4 Å². The maximum atomic E-state index is 9.40. The Kier molecular flexibility index (Phi) is 4.20. The van der Waals surface area contributed by atoms with Crippen molar-refractivity contribution in [2.45, 2.75) is 19.4 Å². The molecule has 2 N–H and O–H groups in total. The fourth-order valence-electron chi connectivity index (χ4n) is 2.62. The van der Waals surface area contributed by atoms with Crippen molar-refractivity contribution in [3.63, 3.8) is 0 Å². The monoisotopic (exact) mass is 302 g/mol. The number of phenols is 1. The molecule has 3 rings (SSSR count). The molecule has 1 fully saturated rings. The minimum atomic E-state index is 0.109. The van der Waals surface area contributed by atoms with Gasteiger partial charge < -0.3 is 15.3 Å². The molecule has 110 valence electrons. The van der Waals surface area contributed by atoms with Gasteiger partial charge in [0, 0.05) is 31.0 Å². The van der Waals surface area contributed by atoms with Gasteiger partial charge in [0.2, 0.25) is 0 Å². The highest BCUT2D eigenvalue weighted by Gasteiger charge is 2.11. The van der Waals surface area contributed by atoms with Crippen molar-refractivity contribution in [2.24, 2.45) is 0 Å². The number of phenolic OH excluding ortho intramolecular Hbond substituents is 1. The lowest BCUT2D eigenvalue weighted by Crippen LogP contribution is -2.17. The molecule has 0 bridgehead atoms. The zero-order valence-corrected chi connectivity index (χ0v) is 12.6. The molecule has 21 heavy (non-hydrogen) atoms. The first kappa shape index (κ1) is 14.1. The minimum absolute atomic E-state index is 0.109. The SMILES string of the molecule is Oc1ccc(NCc2ccc(N3CCCC3)cc2)cc1Cl. The van der Waals surface area contributed by atoms with Gasteiger partial charge in [0.05, 0.1) is 5.02 Å².